The highest BCUT2D eigenvalue weighted by molar-refractivity contribution is 5.84. The van der Waals surface area contributed by atoms with Gasteiger partial charge in [0.25, 0.3) is 0 Å². The van der Waals surface area contributed by atoms with Crippen LogP contribution in [0.15, 0.2) is 6.20 Å². The first kappa shape index (κ1) is 14.5. The van der Waals surface area contributed by atoms with Crippen molar-refractivity contribution in [1.82, 2.24) is 25.6 Å². The van der Waals surface area contributed by atoms with E-state index in [0.29, 0.717) is 13.0 Å². The SMILES string of the molecule is C#CC(CC)NC(=O)NCCn1cc(C(=O)O)nn1. The van der Waals surface area contributed by atoms with Crippen LogP contribution < -0.4 is 10.6 Å². The summed E-state index contributed by atoms with van der Waals surface area (Å²) in [6.45, 7) is 2.48. The van der Waals surface area contributed by atoms with Gasteiger partial charge in [0.1, 0.15) is 0 Å². The molecule has 0 aliphatic carbocycles. The van der Waals surface area contributed by atoms with Crippen molar-refractivity contribution in [2.24, 2.45) is 0 Å². The molecule has 1 unspecified atom stereocenters. The second-order valence-corrected chi connectivity index (χ2v) is 3.70. The minimum Gasteiger partial charge on any atom is -0.476 e. The molecule has 1 atom stereocenters. The van der Waals surface area contributed by atoms with Crippen LogP contribution in [0.3, 0.4) is 0 Å². The molecule has 8 heteroatoms. The predicted octanol–water partition coefficient (Wildman–Crippen LogP) is -0.313. The van der Waals surface area contributed by atoms with E-state index < -0.39 is 5.97 Å². The number of hydrogen-bond donors (Lipinski definition) is 3. The average molecular weight is 265 g/mol. The maximum Gasteiger partial charge on any atom is 0.358 e. The quantitative estimate of drug-likeness (QED) is 0.611. The van der Waals surface area contributed by atoms with Gasteiger partial charge in [-0.25, -0.2) is 14.3 Å². The van der Waals surface area contributed by atoms with E-state index in [-0.39, 0.29) is 24.3 Å². The molecule has 0 aliphatic rings. The monoisotopic (exact) mass is 265 g/mol. The van der Waals surface area contributed by atoms with Gasteiger partial charge in [-0.15, -0.1) is 11.5 Å². The lowest BCUT2D eigenvalue weighted by molar-refractivity contribution is 0.0690. The van der Waals surface area contributed by atoms with Crippen LogP contribution in [-0.4, -0.2) is 44.7 Å². The van der Waals surface area contributed by atoms with E-state index in [2.05, 4.69) is 26.9 Å². The fourth-order valence-corrected chi connectivity index (χ4v) is 1.26. The van der Waals surface area contributed by atoms with E-state index in [1.165, 1.54) is 10.9 Å². The van der Waals surface area contributed by atoms with Crippen LogP contribution in [0, 0.1) is 12.3 Å². The summed E-state index contributed by atoms with van der Waals surface area (Å²) in [6.07, 6.45) is 7.15. The first-order valence-electron chi connectivity index (χ1n) is 5.70. The molecule has 8 nitrogen and oxygen atoms in total. The molecule has 1 aromatic heterocycles. The van der Waals surface area contributed by atoms with Crippen molar-refractivity contribution in [3.63, 3.8) is 0 Å². The van der Waals surface area contributed by atoms with Gasteiger partial charge in [0.05, 0.1) is 18.8 Å². The first-order chi connectivity index (χ1) is 9.06. The number of carbonyl (C=O) groups is 2. The number of nitrogens with one attached hydrogen (secondary N) is 2. The van der Waals surface area contributed by atoms with Crippen LogP contribution in [-0.2, 0) is 6.54 Å². The molecular weight excluding hydrogens is 250 g/mol. The lowest BCUT2D eigenvalue weighted by Crippen LogP contribution is -2.42. The number of urea groups is 1. The Labute approximate surface area is 110 Å². The first-order valence-corrected chi connectivity index (χ1v) is 5.70. The molecule has 0 saturated carbocycles. The Morgan fingerprint density at radius 3 is 2.89 bits per heavy atom. The standard InChI is InChI=1S/C11H15N5O3/c1-3-8(4-2)13-11(19)12-5-6-16-7-9(10(17)18)14-15-16/h1,7-8H,4-6H2,2H3,(H,17,18)(H2,12,13,19). The lowest BCUT2D eigenvalue weighted by Gasteiger charge is -2.11. The van der Waals surface area contributed by atoms with Crippen molar-refractivity contribution in [3.8, 4) is 12.3 Å². The number of aromatic nitrogens is 3. The highest BCUT2D eigenvalue weighted by atomic mass is 16.4. The summed E-state index contributed by atoms with van der Waals surface area (Å²) < 4.78 is 1.34. The van der Waals surface area contributed by atoms with Gasteiger partial charge in [-0.05, 0) is 6.42 Å². The molecule has 0 saturated heterocycles. The molecule has 1 rings (SSSR count). The summed E-state index contributed by atoms with van der Waals surface area (Å²) >= 11 is 0. The van der Waals surface area contributed by atoms with E-state index in [1.807, 2.05) is 6.92 Å². The molecular formula is C11H15N5O3. The van der Waals surface area contributed by atoms with Gasteiger partial charge in [0.2, 0.25) is 0 Å². The van der Waals surface area contributed by atoms with Crippen molar-refractivity contribution in [1.29, 1.82) is 0 Å². The Hall–Kier alpha value is -2.56. The third-order valence-corrected chi connectivity index (χ3v) is 2.30. The fraction of sp³-hybridized carbons (Fsp3) is 0.455. The lowest BCUT2D eigenvalue weighted by atomic mass is 10.2. The highest BCUT2D eigenvalue weighted by Gasteiger charge is 2.09. The minimum absolute atomic E-state index is 0.136. The predicted molar refractivity (Wildman–Crippen MR) is 66.4 cm³/mol. The Balaban J connectivity index is 2.31. The maximum absolute atomic E-state index is 11.4. The third kappa shape index (κ3) is 4.67. The van der Waals surface area contributed by atoms with Gasteiger partial charge >= 0.3 is 12.0 Å². The largest absolute Gasteiger partial charge is 0.476 e. The number of amides is 2. The summed E-state index contributed by atoms with van der Waals surface area (Å²) in [4.78, 5) is 22.0. The normalized spacial score (nSPS) is 11.4. The molecule has 0 radical (unpaired) electrons. The zero-order chi connectivity index (χ0) is 14.3. The molecule has 19 heavy (non-hydrogen) atoms. The second-order valence-electron chi connectivity index (χ2n) is 3.70. The zero-order valence-corrected chi connectivity index (χ0v) is 10.5. The molecule has 0 bridgehead atoms. The summed E-state index contributed by atoms with van der Waals surface area (Å²) in [5, 5.41) is 20.9. The van der Waals surface area contributed by atoms with Crippen LogP contribution >= 0.6 is 0 Å². The maximum atomic E-state index is 11.4. The van der Waals surface area contributed by atoms with E-state index in [0.717, 1.165) is 0 Å². The van der Waals surface area contributed by atoms with Gasteiger partial charge < -0.3 is 15.7 Å². The zero-order valence-electron chi connectivity index (χ0n) is 10.5. The van der Waals surface area contributed by atoms with Crippen molar-refractivity contribution in [2.75, 3.05) is 6.54 Å². The number of carboxylic acid groups (broad SMARTS) is 1. The molecule has 0 aromatic carbocycles. The molecule has 102 valence electrons. The van der Waals surface area contributed by atoms with Gasteiger partial charge in [0.15, 0.2) is 5.69 Å². The Kier molecular flexibility index (Phi) is 5.35. The topological polar surface area (TPSA) is 109 Å². The molecule has 0 spiro atoms. The average Bonchev–Trinajstić information content (AvgIpc) is 2.85. The molecule has 2 amide bonds. The molecule has 1 aromatic rings. The smallest absolute Gasteiger partial charge is 0.358 e. The highest BCUT2D eigenvalue weighted by Crippen LogP contribution is 1.92. The Bertz CT molecular complexity index is 491. The van der Waals surface area contributed by atoms with Gasteiger partial charge in [0, 0.05) is 6.54 Å². The van der Waals surface area contributed by atoms with Crippen molar-refractivity contribution >= 4 is 12.0 Å². The number of nitrogens with zero attached hydrogens (tertiary/aromatic N) is 3. The van der Waals surface area contributed by atoms with E-state index >= 15 is 0 Å². The third-order valence-electron chi connectivity index (χ3n) is 2.30. The number of carboxylic acids is 1. The molecule has 0 aliphatic heterocycles. The van der Waals surface area contributed by atoms with Gasteiger partial charge in [-0.1, -0.05) is 18.1 Å². The van der Waals surface area contributed by atoms with E-state index in [4.69, 9.17) is 11.5 Å². The molecule has 3 N–H and O–H groups in total. The Morgan fingerprint density at radius 2 is 2.37 bits per heavy atom. The summed E-state index contributed by atoms with van der Waals surface area (Å²) in [6, 6.07) is -0.673. The second kappa shape index (κ2) is 7.00. The number of rotatable bonds is 6. The van der Waals surface area contributed by atoms with E-state index in [1.54, 1.807) is 0 Å². The van der Waals surface area contributed by atoms with Crippen molar-refractivity contribution in [3.05, 3.63) is 11.9 Å². The fourth-order valence-electron chi connectivity index (χ4n) is 1.26. The number of aromatic carboxylic acids is 1. The molecule has 0 fully saturated rings. The minimum atomic E-state index is -1.14. The van der Waals surface area contributed by atoms with Crippen LogP contribution in [0.2, 0.25) is 0 Å². The molecule has 1 heterocycles. The van der Waals surface area contributed by atoms with Gasteiger partial charge in [-0.2, -0.15) is 0 Å². The van der Waals surface area contributed by atoms with Gasteiger partial charge in [-0.3, -0.25) is 0 Å². The number of hydrogen-bond acceptors (Lipinski definition) is 4. The summed E-state index contributed by atoms with van der Waals surface area (Å²) in [7, 11) is 0. The van der Waals surface area contributed by atoms with Crippen LogP contribution in [0.25, 0.3) is 0 Å². The number of carbonyl (C=O) groups excluding carboxylic acids is 1. The van der Waals surface area contributed by atoms with Crippen LogP contribution in [0.1, 0.15) is 23.8 Å². The summed E-state index contributed by atoms with van der Waals surface area (Å²) in [5.41, 5.74) is -0.136. The van der Waals surface area contributed by atoms with Crippen LogP contribution in [0.5, 0.6) is 0 Å². The van der Waals surface area contributed by atoms with E-state index in [9.17, 15) is 9.59 Å². The van der Waals surface area contributed by atoms with Crippen molar-refractivity contribution in [2.45, 2.75) is 25.9 Å². The number of terminal acetylenes is 1. The summed E-state index contributed by atoms with van der Waals surface area (Å²) in [5.74, 6) is 1.30. The van der Waals surface area contributed by atoms with Crippen LogP contribution in [0.4, 0.5) is 4.79 Å². The van der Waals surface area contributed by atoms with Crippen molar-refractivity contribution < 1.29 is 14.7 Å². The Morgan fingerprint density at radius 1 is 1.63 bits per heavy atom.